The molecule has 3 rings (SSSR count). The Balaban J connectivity index is 1.83. The highest BCUT2D eigenvalue weighted by atomic mass is 32.2. The minimum absolute atomic E-state index is 0.121. The molecule has 1 aromatic heterocycles. The molecule has 9 heteroatoms. The molecule has 2 heterocycles. The first-order valence-electron chi connectivity index (χ1n) is 8.30. The zero-order valence-electron chi connectivity index (χ0n) is 14.8. The van der Waals surface area contributed by atoms with Crippen LogP contribution in [-0.4, -0.2) is 48.1 Å². The Bertz CT molecular complexity index is 895. The second kappa shape index (κ2) is 7.43. The largest absolute Gasteiger partial charge is 0.337 e. The predicted molar refractivity (Wildman–Crippen MR) is 100.0 cm³/mol. The fraction of sp³-hybridized carbons (Fsp3) is 0.412. The van der Waals surface area contributed by atoms with Crippen LogP contribution < -0.4 is 5.73 Å². The van der Waals surface area contributed by atoms with Gasteiger partial charge >= 0.3 is 0 Å². The summed E-state index contributed by atoms with van der Waals surface area (Å²) < 4.78 is 27.0. The summed E-state index contributed by atoms with van der Waals surface area (Å²) in [5, 5.41) is 2.56. The zero-order valence-corrected chi connectivity index (χ0v) is 16.4. The van der Waals surface area contributed by atoms with Crippen LogP contribution in [0, 0.1) is 0 Å². The molecule has 0 fully saturated rings. The van der Waals surface area contributed by atoms with Gasteiger partial charge in [-0.05, 0) is 36.6 Å². The average Bonchev–Trinajstić information content (AvgIpc) is 3.12. The van der Waals surface area contributed by atoms with E-state index in [0.29, 0.717) is 19.5 Å². The van der Waals surface area contributed by atoms with Gasteiger partial charge in [0.2, 0.25) is 15.9 Å². The number of benzene rings is 1. The molecule has 0 radical (unpaired) electrons. The maximum Gasteiger partial charge on any atom is 0.243 e. The molecule has 1 aromatic carbocycles. The summed E-state index contributed by atoms with van der Waals surface area (Å²) in [6.07, 6.45) is 2.35. The Morgan fingerprint density at radius 2 is 2.19 bits per heavy atom. The van der Waals surface area contributed by atoms with Gasteiger partial charge in [0.05, 0.1) is 17.5 Å². The lowest BCUT2D eigenvalue weighted by atomic mass is 9.99. The molecule has 140 valence electrons. The van der Waals surface area contributed by atoms with Crippen molar-refractivity contribution < 1.29 is 13.2 Å². The number of nitrogens with two attached hydrogens (primary N) is 1. The first-order chi connectivity index (χ1) is 12.3. The fourth-order valence-corrected chi connectivity index (χ4v) is 4.89. The number of thiazole rings is 1. The number of sulfonamides is 1. The molecule has 0 spiro atoms. The van der Waals surface area contributed by atoms with E-state index in [1.54, 1.807) is 37.2 Å². The van der Waals surface area contributed by atoms with Crippen LogP contribution in [0.3, 0.4) is 0 Å². The number of amides is 1. The van der Waals surface area contributed by atoms with E-state index in [1.165, 1.54) is 15.6 Å². The Morgan fingerprint density at radius 3 is 2.85 bits per heavy atom. The molecule has 26 heavy (non-hydrogen) atoms. The number of carbonyl (C=O) groups is 1. The maximum atomic E-state index is 12.9. The van der Waals surface area contributed by atoms with Gasteiger partial charge in [-0.25, -0.2) is 13.4 Å². The number of carbonyl (C=O) groups excluding carboxylic acids is 1. The molecule has 1 amide bonds. The van der Waals surface area contributed by atoms with Crippen molar-refractivity contribution in [3.8, 4) is 0 Å². The van der Waals surface area contributed by atoms with Crippen molar-refractivity contribution in [3.63, 3.8) is 0 Å². The van der Waals surface area contributed by atoms with Crippen molar-refractivity contribution >= 4 is 27.3 Å². The monoisotopic (exact) mass is 394 g/mol. The van der Waals surface area contributed by atoms with Crippen molar-refractivity contribution in [1.29, 1.82) is 0 Å². The van der Waals surface area contributed by atoms with Crippen LogP contribution in [0.4, 0.5) is 0 Å². The number of aromatic nitrogens is 1. The van der Waals surface area contributed by atoms with Crippen molar-refractivity contribution in [2.24, 2.45) is 5.73 Å². The molecular formula is C17H22N4O3S2. The van der Waals surface area contributed by atoms with E-state index in [-0.39, 0.29) is 17.3 Å². The van der Waals surface area contributed by atoms with Crippen LogP contribution in [0.5, 0.6) is 0 Å². The summed E-state index contributed by atoms with van der Waals surface area (Å²) in [4.78, 5) is 18.2. The molecule has 0 aliphatic carbocycles. The molecule has 0 saturated carbocycles. The van der Waals surface area contributed by atoms with Gasteiger partial charge < -0.3 is 10.6 Å². The van der Waals surface area contributed by atoms with Gasteiger partial charge in [-0.2, -0.15) is 4.31 Å². The van der Waals surface area contributed by atoms with Crippen LogP contribution in [0.2, 0.25) is 0 Å². The third kappa shape index (κ3) is 3.80. The van der Waals surface area contributed by atoms with Crippen molar-refractivity contribution in [2.45, 2.75) is 37.4 Å². The highest BCUT2D eigenvalue weighted by molar-refractivity contribution is 7.89. The molecule has 1 atom stereocenters. The topological polar surface area (TPSA) is 96.6 Å². The van der Waals surface area contributed by atoms with E-state index in [9.17, 15) is 13.2 Å². The molecule has 1 aliphatic rings. The van der Waals surface area contributed by atoms with Gasteiger partial charge in [0, 0.05) is 31.7 Å². The second-order valence-electron chi connectivity index (χ2n) is 6.42. The van der Waals surface area contributed by atoms with Crippen LogP contribution in [0.1, 0.15) is 23.1 Å². The summed E-state index contributed by atoms with van der Waals surface area (Å²) in [5.41, 5.74) is 7.62. The fourth-order valence-electron chi connectivity index (χ4n) is 2.96. The molecule has 2 aromatic rings. The highest BCUT2D eigenvalue weighted by Gasteiger charge is 2.26. The minimum atomic E-state index is -3.63. The maximum absolute atomic E-state index is 12.9. The van der Waals surface area contributed by atoms with Crippen molar-refractivity contribution in [3.05, 3.63) is 45.9 Å². The Hall–Kier alpha value is -1.81. The standard InChI is InChI=1S/C17H22N4O3S2/c1-12(18)17(22)21-7-5-13-3-4-15(9-14(13)10-21)26(23,24)20(2)11-16-19-6-8-25-16/h3-4,6,8-9,12H,5,7,10-11,18H2,1-2H3. The highest BCUT2D eigenvalue weighted by Crippen LogP contribution is 2.25. The lowest BCUT2D eigenvalue weighted by molar-refractivity contribution is -0.133. The molecular weight excluding hydrogens is 372 g/mol. The van der Waals surface area contributed by atoms with Gasteiger partial charge in [-0.1, -0.05) is 6.07 Å². The van der Waals surface area contributed by atoms with Gasteiger partial charge in [-0.3, -0.25) is 4.79 Å². The molecule has 2 N–H and O–H groups in total. The van der Waals surface area contributed by atoms with E-state index >= 15 is 0 Å². The predicted octanol–water partition coefficient (Wildman–Crippen LogP) is 1.20. The first kappa shape index (κ1) is 19.0. The Morgan fingerprint density at radius 1 is 1.42 bits per heavy atom. The SMILES string of the molecule is CC(N)C(=O)N1CCc2ccc(S(=O)(=O)N(C)Cc3nccs3)cc2C1. The van der Waals surface area contributed by atoms with E-state index in [2.05, 4.69) is 4.98 Å². The van der Waals surface area contributed by atoms with Crippen molar-refractivity contribution in [2.75, 3.05) is 13.6 Å². The quantitative estimate of drug-likeness (QED) is 0.822. The van der Waals surface area contributed by atoms with Crippen LogP contribution >= 0.6 is 11.3 Å². The van der Waals surface area contributed by atoms with Gasteiger partial charge in [0.25, 0.3) is 0 Å². The van der Waals surface area contributed by atoms with Gasteiger partial charge in [0.1, 0.15) is 5.01 Å². The molecule has 7 nitrogen and oxygen atoms in total. The molecule has 0 bridgehead atoms. The Kier molecular flexibility index (Phi) is 5.42. The lowest BCUT2D eigenvalue weighted by Gasteiger charge is -2.30. The smallest absolute Gasteiger partial charge is 0.243 e. The molecule has 1 unspecified atom stereocenters. The summed E-state index contributed by atoms with van der Waals surface area (Å²) in [6.45, 7) is 2.87. The number of rotatable bonds is 5. The van der Waals surface area contributed by atoms with Crippen LogP contribution in [0.15, 0.2) is 34.7 Å². The third-order valence-electron chi connectivity index (χ3n) is 4.44. The lowest BCUT2D eigenvalue weighted by Crippen LogP contribution is -2.44. The minimum Gasteiger partial charge on any atom is -0.337 e. The number of hydrogen-bond acceptors (Lipinski definition) is 6. The van der Waals surface area contributed by atoms with Gasteiger partial charge in [-0.15, -0.1) is 11.3 Å². The third-order valence-corrected chi connectivity index (χ3v) is 7.00. The van der Waals surface area contributed by atoms with E-state index in [1.807, 2.05) is 11.4 Å². The Labute approximate surface area is 157 Å². The average molecular weight is 395 g/mol. The number of fused-ring (bicyclic) bond motifs is 1. The summed E-state index contributed by atoms with van der Waals surface area (Å²) >= 11 is 1.42. The van der Waals surface area contributed by atoms with Crippen LogP contribution in [-0.2, 0) is 34.3 Å². The number of hydrogen-bond donors (Lipinski definition) is 1. The van der Waals surface area contributed by atoms with Crippen molar-refractivity contribution in [1.82, 2.24) is 14.2 Å². The summed E-state index contributed by atoms with van der Waals surface area (Å²) in [5.74, 6) is -0.121. The summed E-state index contributed by atoms with van der Waals surface area (Å²) in [7, 11) is -2.09. The summed E-state index contributed by atoms with van der Waals surface area (Å²) in [6, 6.07) is 4.58. The van der Waals surface area contributed by atoms with Crippen LogP contribution in [0.25, 0.3) is 0 Å². The van der Waals surface area contributed by atoms with E-state index in [4.69, 9.17) is 5.73 Å². The van der Waals surface area contributed by atoms with E-state index < -0.39 is 16.1 Å². The second-order valence-corrected chi connectivity index (χ2v) is 9.44. The zero-order chi connectivity index (χ0) is 18.9. The van der Waals surface area contributed by atoms with Gasteiger partial charge in [0.15, 0.2) is 0 Å². The first-order valence-corrected chi connectivity index (χ1v) is 10.6. The molecule has 1 aliphatic heterocycles. The normalized spacial score (nSPS) is 15.8. The molecule has 0 saturated heterocycles. The number of nitrogens with zero attached hydrogens (tertiary/aromatic N) is 3. The van der Waals surface area contributed by atoms with E-state index in [0.717, 1.165) is 16.1 Å².